The number of pyridine rings is 1. The van der Waals surface area contributed by atoms with Crippen molar-refractivity contribution in [3.05, 3.63) is 81.9 Å². The number of rotatable bonds is 10. The van der Waals surface area contributed by atoms with E-state index in [1.165, 1.54) is 0 Å². The van der Waals surface area contributed by atoms with Gasteiger partial charge >= 0.3 is 0 Å². The van der Waals surface area contributed by atoms with Crippen molar-refractivity contribution in [3.8, 4) is 5.75 Å². The van der Waals surface area contributed by atoms with Gasteiger partial charge in [0.15, 0.2) is 5.82 Å². The fourth-order valence-corrected chi connectivity index (χ4v) is 3.61. The summed E-state index contributed by atoms with van der Waals surface area (Å²) in [6.07, 6.45) is 0. The second-order valence-corrected chi connectivity index (χ2v) is 7.52. The van der Waals surface area contributed by atoms with Crippen molar-refractivity contribution in [2.45, 2.75) is 26.2 Å². The summed E-state index contributed by atoms with van der Waals surface area (Å²) in [5.74, 6) is 1.46. The van der Waals surface area contributed by atoms with Crippen molar-refractivity contribution in [3.63, 3.8) is 0 Å². The first-order valence-corrected chi connectivity index (χ1v) is 10.4. The Bertz CT molecular complexity index is 1220. The molecule has 0 aliphatic rings. The van der Waals surface area contributed by atoms with Gasteiger partial charge in [0.1, 0.15) is 5.75 Å². The number of aromatic nitrogens is 5. The zero-order chi connectivity index (χ0) is 22.3. The summed E-state index contributed by atoms with van der Waals surface area (Å²) in [6.45, 7) is 2.65. The van der Waals surface area contributed by atoms with E-state index in [1.807, 2.05) is 42.5 Å². The van der Waals surface area contributed by atoms with Crippen LogP contribution in [0.2, 0.25) is 0 Å². The first kappa shape index (κ1) is 21.7. The van der Waals surface area contributed by atoms with Crippen molar-refractivity contribution in [1.29, 1.82) is 0 Å². The van der Waals surface area contributed by atoms with E-state index in [1.54, 1.807) is 18.9 Å². The van der Waals surface area contributed by atoms with Crippen LogP contribution in [-0.4, -0.2) is 50.9 Å². The highest BCUT2D eigenvalue weighted by Gasteiger charge is 2.16. The van der Waals surface area contributed by atoms with Crippen LogP contribution in [0.15, 0.2) is 59.4 Å². The predicted octanol–water partition coefficient (Wildman–Crippen LogP) is 2.37. The van der Waals surface area contributed by atoms with Crippen LogP contribution >= 0.6 is 0 Å². The van der Waals surface area contributed by atoms with E-state index >= 15 is 0 Å². The molecule has 0 aliphatic heterocycles. The Morgan fingerprint density at radius 2 is 1.88 bits per heavy atom. The van der Waals surface area contributed by atoms with Gasteiger partial charge in [0.25, 0.3) is 5.56 Å². The van der Waals surface area contributed by atoms with Crippen molar-refractivity contribution in [1.82, 2.24) is 30.1 Å². The molecule has 4 rings (SSSR count). The number of nitrogens with zero attached hydrogens (tertiary/aromatic N) is 5. The first-order chi connectivity index (χ1) is 15.7. The quantitative estimate of drug-likeness (QED) is 0.409. The third-order valence-electron chi connectivity index (χ3n) is 5.25. The van der Waals surface area contributed by atoms with Crippen LogP contribution in [0.4, 0.5) is 0 Å². The highest BCUT2D eigenvalue weighted by atomic mass is 16.5. The summed E-state index contributed by atoms with van der Waals surface area (Å²) < 4.78 is 12.2. The van der Waals surface area contributed by atoms with Crippen LogP contribution in [-0.2, 0) is 30.9 Å². The van der Waals surface area contributed by atoms with Crippen LogP contribution in [0.25, 0.3) is 10.9 Å². The molecule has 0 unspecified atom stereocenters. The first-order valence-electron chi connectivity index (χ1n) is 10.4. The highest BCUT2D eigenvalue weighted by Crippen LogP contribution is 2.20. The maximum absolute atomic E-state index is 12.8. The van der Waals surface area contributed by atoms with Gasteiger partial charge in [-0.05, 0) is 40.3 Å². The minimum absolute atomic E-state index is 0.111. The number of fused-ring (bicyclic) bond motifs is 1. The summed E-state index contributed by atoms with van der Waals surface area (Å²) in [7, 11) is 3.27. The number of benzene rings is 2. The van der Waals surface area contributed by atoms with E-state index in [9.17, 15) is 4.79 Å². The molecule has 4 aromatic rings. The van der Waals surface area contributed by atoms with Gasteiger partial charge in [-0.1, -0.05) is 30.3 Å². The van der Waals surface area contributed by atoms with Gasteiger partial charge in [-0.3, -0.25) is 9.69 Å². The van der Waals surface area contributed by atoms with Crippen molar-refractivity contribution >= 4 is 10.9 Å². The summed E-state index contributed by atoms with van der Waals surface area (Å²) in [6, 6.07) is 17.7. The molecular formula is C23H26N6O3. The molecule has 0 saturated carbocycles. The minimum Gasteiger partial charge on any atom is -0.497 e. The third kappa shape index (κ3) is 5.19. The maximum Gasteiger partial charge on any atom is 0.252 e. The van der Waals surface area contributed by atoms with Gasteiger partial charge in [0, 0.05) is 36.7 Å². The number of H-pyrrole nitrogens is 1. The monoisotopic (exact) mass is 434 g/mol. The van der Waals surface area contributed by atoms with Gasteiger partial charge in [-0.25, -0.2) is 4.68 Å². The van der Waals surface area contributed by atoms with E-state index < -0.39 is 0 Å². The molecule has 0 bridgehead atoms. The normalized spacial score (nSPS) is 11.3. The summed E-state index contributed by atoms with van der Waals surface area (Å²) in [5.41, 5.74) is 2.47. The minimum atomic E-state index is -0.111. The second kappa shape index (κ2) is 10.2. The van der Waals surface area contributed by atoms with Crippen LogP contribution in [0.3, 0.4) is 0 Å². The summed E-state index contributed by atoms with van der Waals surface area (Å²) >= 11 is 0. The number of nitrogens with one attached hydrogen (secondary N) is 1. The standard InChI is InChI=1S/C23H26N6O3/c1-31-11-10-29-22(25-26-27-29)16-28(14-17-6-4-3-5-7-17)15-19-12-18-13-20(32-2)8-9-21(18)24-23(19)30/h3-9,12-13H,10-11,14-16H2,1-2H3,(H,24,30). The average Bonchev–Trinajstić information content (AvgIpc) is 3.25. The topological polar surface area (TPSA) is 98.2 Å². The van der Waals surface area contributed by atoms with E-state index in [0.717, 1.165) is 28.0 Å². The fraction of sp³-hybridized carbons (Fsp3) is 0.304. The smallest absolute Gasteiger partial charge is 0.252 e. The van der Waals surface area contributed by atoms with Gasteiger partial charge in [-0.2, -0.15) is 0 Å². The molecule has 32 heavy (non-hydrogen) atoms. The summed E-state index contributed by atoms with van der Waals surface area (Å²) in [4.78, 5) is 17.9. The molecule has 0 radical (unpaired) electrons. The van der Waals surface area contributed by atoms with Crippen LogP contribution < -0.4 is 10.3 Å². The molecule has 0 amide bonds. The molecule has 2 aromatic heterocycles. The molecule has 0 fully saturated rings. The lowest BCUT2D eigenvalue weighted by Gasteiger charge is -2.22. The average molecular weight is 435 g/mol. The third-order valence-corrected chi connectivity index (χ3v) is 5.25. The molecule has 2 heterocycles. The number of aromatic amines is 1. The molecule has 0 atom stereocenters. The van der Waals surface area contributed by atoms with Crippen LogP contribution in [0, 0.1) is 0 Å². The second-order valence-electron chi connectivity index (χ2n) is 7.52. The Morgan fingerprint density at radius 1 is 1.03 bits per heavy atom. The van der Waals surface area contributed by atoms with E-state index in [2.05, 4.69) is 37.5 Å². The highest BCUT2D eigenvalue weighted by molar-refractivity contribution is 5.80. The van der Waals surface area contributed by atoms with Gasteiger partial charge in [-0.15, -0.1) is 5.10 Å². The fourth-order valence-electron chi connectivity index (χ4n) is 3.61. The number of ether oxygens (including phenoxy) is 2. The molecule has 166 valence electrons. The predicted molar refractivity (Wildman–Crippen MR) is 120 cm³/mol. The molecule has 9 heteroatoms. The van der Waals surface area contributed by atoms with Crippen molar-refractivity contribution < 1.29 is 9.47 Å². The van der Waals surface area contributed by atoms with Gasteiger partial charge < -0.3 is 14.5 Å². The largest absolute Gasteiger partial charge is 0.497 e. The molecule has 0 saturated heterocycles. The number of hydrogen-bond acceptors (Lipinski definition) is 7. The van der Waals surface area contributed by atoms with Crippen molar-refractivity contribution in [2.75, 3.05) is 20.8 Å². The van der Waals surface area contributed by atoms with Gasteiger partial charge in [0.05, 0.1) is 26.8 Å². The maximum atomic E-state index is 12.8. The SMILES string of the molecule is COCCn1nnnc1CN(Cc1ccccc1)Cc1cc2cc(OC)ccc2[nH]c1=O. The number of methoxy groups -OCH3 is 2. The molecule has 1 N–H and O–H groups in total. The molecular weight excluding hydrogens is 408 g/mol. The van der Waals surface area contributed by atoms with E-state index in [4.69, 9.17) is 9.47 Å². The zero-order valence-electron chi connectivity index (χ0n) is 18.2. The number of hydrogen-bond donors (Lipinski definition) is 1. The Balaban J connectivity index is 1.63. The zero-order valence-corrected chi connectivity index (χ0v) is 18.2. The lowest BCUT2D eigenvalue weighted by Crippen LogP contribution is -2.28. The Labute approximate surface area is 185 Å². The Hall–Kier alpha value is -3.56. The Morgan fingerprint density at radius 3 is 2.66 bits per heavy atom. The van der Waals surface area contributed by atoms with Crippen LogP contribution in [0.5, 0.6) is 5.75 Å². The van der Waals surface area contributed by atoms with Crippen molar-refractivity contribution in [2.24, 2.45) is 0 Å². The van der Waals surface area contributed by atoms with Gasteiger partial charge in [0.2, 0.25) is 0 Å². The molecule has 0 aliphatic carbocycles. The Kier molecular flexibility index (Phi) is 6.88. The number of tetrazole rings is 1. The molecule has 0 spiro atoms. The lowest BCUT2D eigenvalue weighted by atomic mass is 10.1. The summed E-state index contributed by atoms with van der Waals surface area (Å²) in [5, 5.41) is 13.0. The van der Waals surface area contributed by atoms with Crippen LogP contribution in [0.1, 0.15) is 17.0 Å². The molecule has 9 nitrogen and oxygen atoms in total. The van der Waals surface area contributed by atoms with E-state index in [-0.39, 0.29) is 5.56 Å². The molecule has 2 aromatic carbocycles. The van der Waals surface area contributed by atoms with E-state index in [0.29, 0.717) is 38.3 Å². The lowest BCUT2D eigenvalue weighted by molar-refractivity contribution is 0.177.